The maximum absolute atomic E-state index is 12.6. The molecule has 2 unspecified atom stereocenters. The van der Waals surface area contributed by atoms with Crippen LogP contribution in [0.2, 0.25) is 0 Å². The molecule has 0 saturated carbocycles. The number of carbonyl (C=O) groups excluding carboxylic acids is 1. The fraction of sp³-hybridized carbons (Fsp3) is 0.444. The first-order valence-corrected chi connectivity index (χ1v) is 12.0. The summed E-state index contributed by atoms with van der Waals surface area (Å²) in [6.07, 6.45) is 7.32. The Morgan fingerprint density at radius 1 is 1.00 bits per heavy atom. The third-order valence-corrected chi connectivity index (χ3v) is 7.90. The lowest BCUT2D eigenvalue weighted by Crippen LogP contribution is -2.41. The number of hydrogen-bond acceptors (Lipinski definition) is 3. The third-order valence-electron chi connectivity index (χ3n) is 6.34. The van der Waals surface area contributed by atoms with Gasteiger partial charge in [-0.15, -0.1) is 11.8 Å². The molecule has 0 fully saturated rings. The van der Waals surface area contributed by atoms with Gasteiger partial charge in [0.1, 0.15) is 5.78 Å². The smallest absolute Gasteiger partial charge is 0.145 e. The van der Waals surface area contributed by atoms with E-state index in [1.807, 2.05) is 19.9 Å². The van der Waals surface area contributed by atoms with Crippen molar-refractivity contribution >= 4 is 17.5 Å². The Balaban J connectivity index is 1.62. The lowest BCUT2D eigenvalue weighted by atomic mass is 9.82. The lowest BCUT2D eigenvalue weighted by Gasteiger charge is -2.36. The number of carbonyl (C=O) groups is 1. The molecular formula is C27H34O2S. The van der Waals surface area contributed by atoms with Gasteiger partial charge in [-0.05, 0) is 80.9 Å². The summed E-state index contributed by atoms with van der Waals surface area (Å²) in [5, 5.41) is 11.4. The molecule has 2 nitrogen and oxygen atoms in total. The molecule has 0 bridgehead atoms. The van der Waals surface area contributed by atoms with E-state index in [-0.39, 0.29) is 5.78 Å². The maximum atomic E-state index is 12.6. The SMILES string of the molecule is CC(=O)C(C)(CC(C)(O)C1=CCc2ccccc2CC1)SCCCc1ccccc1. The van der Waals surface area contributed by atoms with Crippen molar-refractivity contribution in [2.24, 2.45) is 0 Å². The second-order valence-corrected chi connectivity index (χ2v) is 10.5. The van der Waals surface area contributed by atoms with Crippen LogP contribution in [0.25, 0.3) is 0 Å². The molecule has 0 spiro atoms. The number of aryl methyl sites for hydroxylation is 2. The molecule has 1 aliphatic rings. The summed E-state index contributed by atoms with van der Waals surface area (Å²) < 4.78 is -0.583. The highest BCUT2D eigenvalue weighted by molar-refractivity contribution is 8.01. The summed E-state index contributed by atoms with van der Waals surface area (Å²) in [7, 11) is 0. The Morgan fingerprint density at radius 2 is 1.67 bits per heavy atom. The van der Waals surface area contributed by atoms with Crippen LogP contribution in [0, 0.1) is 0 Å². The van der Waals surface area contributed by atoms with Crippen LogP contribution in [0.3, 0.4) is 0 Å². The van der Waals surface area contributed by atoms with Gasteiger partial charge < -0.3 is 5.11 Å². The van der Waals surface area contributed by atoms with Gasteiger partial charge in [0.05, 0.1) is 10.3 Å². The molecule has 0 heterocycles. The van der Waals surface area contributed by atoms with Crippen LogP contribution in [-0.4, -0.2) is 27.0 Å². The molecule has 0 radical (unpaired) electrons. The first kappa shape index (κ1) is 22.8. The topological polar surface area (TPSA) is 37.3 Å². The van der Waals surface area contributed by atoms with E-state index in [1.54, 1.807) is 18.7 Å². The van der Waals surface area contributed by atoms with E-state index < -0.39 is 10.3 Å². The van der Waals surface area contributed by atoms with Crippen molar-refractivity contribution in [1.29, 1.82) is 0 Å². The minimum atomic E-state index is -0.977. The molecule has 1 aliphatic carbocycles. The van der Waals surface area contributed by atoms with E-state index in [2.05, 4.69) is 54.6 Å². The van der Waals surface area contributed by atoms with Crippen LogP contribution >= 0.6 is 11.8 Å². The average Bonchev–Trinajstić information content (AvgIpc) is 2.95. The summed E-state index contributed by atoms with van der Waals surface area (Å²) in [5.41, 5.74) is 4.13. The summed E-state index contributed by atoms with van der Waals surface area (Å²) in [4.78, 5) is 12.6. The molecule has 0 aromatic heterocycles. The van der Waals surface area contributed by atoms with Crippen LogP contribution < -0.4 is 0 Å². The van der Waals surface area contributed by atoms with Crippen molar-refractivity contribution in [1.82, 2.24) is 0 Å². The first-order chi connectivity index (χ1) is 14.3. The molecule has 2 atom stereocenters. The number of benzene rings is 2. The summed E-state index contributed by atoms with van der Waals surface area (Å²) >= 11 is 1.70. The Labute approximate surface area is 185 Å². The maximum Gasteiger partial charge on any atom is 0.145 e. The number of hydrogen-bond donors (Lipinski definition) is 1. The Morgan fingerprint density at radius 3 is 2.37 bits per heavy atom. The van der Waals surface area contributed by atoms with Gasteiger partial charge in [-0.1, -0.05) is 60.7 Å². The van der Waals surface area contributed by atoms with Crippen LogP contribution in [0.4, 0.5) is 0 Å². The standard InChI is InChI=1S/C27H34O2S/c1-21(28)27(3,30-19-9-12-22-10-5-4-6-11-22)20-26(2,29)25-17-15-23-13-7-8-14-24(23)16-18-25/h4-8,10-11,13-14,17,29H,9,12,15-16,18-20H2,1-3H3. The molecule has 160 valence electrons. The van der Waals surface area contributed by atoms with Gasteiger partial charge in [0.25, 0.3) is 0 Å². The minimum absolute atomic E-state index is 0.144. The number of ketones is 1. The van der Waals surface area contributed by atoms with Gasteiger partial charge in [0.2, 0.25) is 0 Å². The van der Waals surface area contributed by atoms with Crippen molar-refractivity contribution in [3.63, 3.8) is 0 Å². The Kier molecular flexibility index (Phi) is 7.60. The second kappa shape index (κ2) is 9.98. The van der Waals surface area contributed by atoms with Crippen molar-refractivity contribution in [2.75, 3.05) is 5.75 Å². The van der Waals surface area contributed by atoms with E-state index in [0.29, 0.717) is 6.42 Å². The predicted molar refractivity (Wildman–Crippen MR) is 128 cm³/mol. The molecule has 3 heteroatoms. The van der Waals surface area contributed by atoms with E-state index >= 15 is 0 Å². The fourth-order valence-electron chi connectivity index (χ4n) is 4.36. The highest BCUT2D eigenvalue weighted by Gasteiger charge is 2.40. The Hall–Kier alpha value is -1.84. The zero-order valence-corrected chi connectivity index (χ0v) is 19.3. The lowest BCUT2D eigenvalue weighted by molar-refractivity contribution is -0.120. The third kappa shape index (κ3) is 5.86. The van der Waals surface area contributed by atoms with Gasteiger partial charge >= 0.3 is 0 Å². The molecule has 0 aliphatic heterocycles. The highest BCUT2D eigenvalue weighted by Crippen LogP contribution is 2.39. The summed E-state index contributed by atoms with van der Waals surface area (Å²) in [6.45, 7) is 5.56. The fourth-order valence-corrected chi connectivity index (χ4v) is 5.69. The molecule has 1 N–H and O–H groups in total. The summed E-state index contributed by atoms with van der Waals surface area (Å²) in [6, 6.07) is 19.0. The number of fused-ring (bicyclic) bond motifs is 1. The highest BCUT2D eigenvalue weighted by atomic mass is 32.2. The van der Waals surface area contributed by atoms with Crippen LogP contribution in [0.15, 0.2) is 66.2 Å². The van der Waals surface area contributed by atoms with Gasteiger partial charge in [0.15, 0.2) is 0 Å². The van der Waals surface area contributed by atoms with E-state index in [4.69, 9.17) is 0 Å². The van der Waals surface area contributed by atoms with E-state index in [1.165, 1.54) is 16.7 Å². The number of rotatable bonds is 9. The van der Waals surface area contributed by atoms with Crippen LogP contribution in [-0.2, 0) is 24.1 Å². The number of Topliss-reactive ketones (excluding diaryl/α,β-unsaturated/α-hetero) is 1. The van der Waals surface area contributed by atoms with E-state index in [0.717, 1.165) is 43.4 Å². The second-order valence-electron chi connectivity index (χ2n) is 8.88. The molecule has 30 heavy (non-hydrogen) atoms. The molecule has 2 aromatic rings. The predicted octanol–water partition coefficient (Wildman–Crippen LogP) is 5.96. The zero-order valence-electron chi connectivity index (χ0n) is 18.5. The van der Waals surface area contributed by atoms with Crippen molar-refractivity contribution in [3.8, 4) is 0 Å². The largest absolute Gasteiger partial charge is 0.386 e. The number of aliphatic hydroxyl groups is 1. The molecule has 0 amide bonds. The zero-order chi connectivity index (χ0) is 21.6. The number of allylic oxidation sites excluding steroid dienone is 1. The van der Waals surface area contributed by atoms with Gasteiger partial charge in [-0.2, -0.15) is 0 Å². The van der Waals surface area contributed by atoms with Gasteiger partial charge in [-0.3, -0.25) is 4.79 Å². The van der Waals surface area contributed by atoms with E-state index in [9.17, 15) is 9.90 Å². The first-order valence-electron chi connectivity index (χ1n) is 11.0. The molecule has 2 aromatic carbocycles. The minimum Gasteiger partial charge on any atom is -0.386 e. The summed E-state index contributed by atoms with van der Waals surface area (Å²) in [5.74, 6) is 1.05. The molecule has 0 saturated heterocycles. The normalized spacial score (nSPS) is 17.8. The molecular weight excluding hydrogens is 388 g/mol. The van der Waals surface area contributed by atoms with Gasteiger partial charge in [-0.25, -0.2) is 0 Å². The van der Waals surface area contributed by atoms with Crippen molar-refractivity contribution in [3.05, 3.63) is 82.9 Å². The van der Waals surface area contributed by atoms with Gasteiger partial charge in [0, 0.05) is 6.42 Å². The quantitative estimate of drug-likeness (QED) is 0.400. The number of thioether (sulfide) groups is 1. The Bertz CT molecular complexity index is 885. The van der Waals surface area contributed by atoms with Crippen molar-refractivity contribution in [2.45, 2.75) is 69.6 Å². The van der Waals surface area contributed by atoms with Crippen molar-refractivity contribution < 1.29 is 9.90 Å². The molecule has 3 rings (SSSR count). The van der Waals surface area contributed by atoms with Crippen LogP contribution in [0.1, 0.15) is 56.7 Å². The van der Waals surface area contributed by atoms with Crippen LogP contribution in [0.5, 0.6) is 0 Å². The monoisotopic (exact) mass is 422 g/mol. The average molecular weight is 423 g/mol.